The Morgan fingerprint density at radius 3 is 2.31 bits per heavy atom. The molecule has 0 spiro atoms. The van der Waals surface area contributed by atoms with Crippen LogP contribution in [0, 0.1) is 5.92 Å². The van der Waals surface area contributed by atoms with Gasteiger partial charge in [0.1, 0.15) is 11.3 Å². The molecular formula is C29H46N6S. The number of nitrogens with one attached hydrogen (secondary N) is 1. The third kappa shape index (κ3) is 5.58. The highest BCUT2D eigenvalue weighted by molar-refractivity contribution is 7.20. The van der Waals surface area contributed by atoms with Crippen LogP contribution >= 0.6 is 11.3 Å². The van der Waals surface area contributed by atoms with Crippen LogP contribution in [-0.4, -0.2) is 70.1 Å². The van der Waals surface area contributed by atoms with E-state index in [1.807, 2.05) is 11.3 Å². The van der Waals surface area contributed by atoms with E-state index in [1.54, 1.807) is 0 Å². The highest BCUT2D eigenvalue weighted by Gasteiger charge is 2.27. The Balaban J connectivity index is 1.64. The van der Waals surface area contributed by atoms with Crippen molar-refractivity contribution in [3.8, 4) is 0 Å². The smallest absolute Gasteiger partial charge is 0.155 e. The number of aryl methyl sites for hydroxylation is 1. The summed E-state index contributed by atoms with van der Waals surface area (Å²) in [5, 5.41) is 3.72. The average Bonchev–Trinajstić information content (AvgIpc) is 3.40. The van der Waals surface area contributed by atoms with E-state index in [0.29, 0.717) is 5.92 Å². The van der Waals surface area contributed by atoms with Crippen LogP contribution in [-0.2, 0) is 13.0 Å². The Morgan fingerprint density at radius 1 is 1.00 bits per heavy atom. The summed E-state index contributed by atoms with van der Waals surface area (Å²) < 4.78 is 3.97. The zero-order valence-electron chi connectivity index (χ0n) is 23.4. The molecule has 5 rings (SSSR count). The van der Waals surface area contributed by atoms with Crippen molar-refractivity contribution in [2.75, 3.05) is 45.6 Å². The largest absolute Gasteiger partial charge is 0.364 e. The lowest BCUT2D eigenvalue weighted by Gasteiger charge is -2.29. The van der Waals surface area contributed by atoms with Crippen molar-refractivity contribution in [1.82, 2.24) is 24.3 Å². The van der Waals surface area contributed by atoms with E-state index in [-0.39, 0.29) is 5.54 Å². The molecule has 2 aliphatic rings. The van der Waals surface area contributed by atoms with E-state index in [9.17, 15) is 0 Å². The van der Waals surface area contributed by atoms with Crippen LogP contribution in [0.4, 0.5) is 5.82 Å². The zero-order chi connectivity index (χ0) is 25.4. The van der Waals surface area contributed by atoms with Gasteiger partial charge in [-0.15, -0.1) is 11.3 Å². The summed E-state index contributed by atoms with van der Waals surface area (Å²) in [6.45, 7) is 14.8. The van der Waals surface area contributed by atoms with Crippen LogP contribution < -0.4 is 5.32 Å². The number of unbranched alkanes of at least 4 members (excludes halogenated alkanes) is 1. The maximum absolute atomic E-state index is 5.32. The Labute approximate surface area is 221 Å². The molecule has 0 amide bonds. The monoisotopic (exact) mass is 510 g/mol. The molecule has 2 saturated heterocycles. The number of hydrogen-bond donors (Lipinski definition) is 1. The third-order valence-corrected chi connectivity index (χ3v) is 9.39. The fourth-order valence-corrected chi connectivity index (χ4v) is 7.20. The summed E-state index contributed by atoms with van der Waals surface area (Å²) in [6.07, 6.45) is 8.46. The molecule has 1 N–H and O–H groups in total. The molecule has 0 unspecified atom stereocenters. The second kappa shape index (κ2) is 10.6. The van der Waals surface area contributed by atoms with E-state index < -0.39 is 0 Å². The normalized spacial score (nSPS) is 19.6. The molecule has 3 aromatic rings. The predicted octanol–water partition coefficient (Wildman–Crippen LogP) is 6.35. The minimum atomic E-state index is -0.0677. The van der Waals surface area contributed by atoms with Crippen LogP contribution in [0.25, 0.3) is 21.3 Å². The first-order chi connectivity index (χ1) is 17.2. The van der Waals surface area contributed by atoms with Gasteiger partial charge in [0, 0.05) is 23.4 Å². The molecule has 0 radical (unpaired) electrons. The molecule has 0 aliphatic carbocycles. The molecule has 5 heterocycles. The summed E-state index contributed by atoms with van der Waals surface area (Å²) in [5.41, 5.74) is 3.50. The van der Waals surface area contributed by atoms with Crippen LogP contribution in [0.1, 0.15) is 82.8 Å². The molecule has 198 valence electrons. The second-order valence-electron chi connectivity index (χ2n) is 12.5. The fraction of sp³-hybridized carbons (Fsp3) is 0.724. The predicted molar refractivity (Wildman–Crippen MR) is 155 cm³/mol. The first kappa shape index (κ1) is 25.9. The van der Waals surface area contributed by atoms with E-state index >= 15 is 0 Å². The van der Waals surface area contributed by atoms with Crippen molar-refractivity contribution in [2.24, 2.45) is 5.92 Å². The number of fused-ring (bicyclic) bond motifs is 3. The Kier molecular flexibility index (Phi) is 7.62. The first-order valence-electron chi connectivity index (χ1n) is 14.2. The maximum Gasteiger partial charge on any atom is 0.155 e. The number of imidazole rings is 1. The molecule has 7 heteroatoms. The molecule has 36 heavy (non-hydrogen) atoms. The summed E-state index contributed by atoms with van der Waals surface area (Å²) >= 11 is 2.00. The van der Waals surface area contributed by atoms with Gasteiger partial charge in [0.05, 0.1) is 15.7 Å². The SMILES string of the molecule is CCCCc1nc2c(NC(C)(C)C)nc3cc(C4CCN(C)CC4)sc3c2n1CC1CCN(C)CC1. The van der Waals surface area contributed by atoms with Crippen molar-refractivity contribution in [3.63, 3.8) is 0 Å². The Morgan fingerprint density at radius 2 is 1.67 bits per heavy atom. The number of pyridine rings is 1. The minimum absolute atomic E-state index is 0.0677. The number of nitrogens with zero attached hydrogens (tertiary/aromatic N) is 5. The number of thiophene rings is 1. The average molecular weight is 511 g/mol. The van der Waals surface area contributed by atoms with Crippen LogP contribution in [0.3, 0.4) is 0 Å². The molecule has 0 bridgehead atoms. The number of anilines is 1. The minimum Gasteiger partial charge on any atom is -0.364 e. The number of aromatic nitrogens is 3. The molecule has 3 aromatic heterocycles. The van der Waals surface area contributed by atoms with Crippen molar-refractivity contribution < 1.29 is 0 Å². The van der Waals surface area contributed by atoms with Crippen LogP contribution in [0.5, 0.6) is 0 Å². The van der Waals surface area contributed by atoms with Gasteiger partial charge in [0.15, 0.2) is 5.82 Å². The Hall–Kier alpha value is -1.70. The van der Waals surface area contributed by atoms with Crippen molar-refractivity contribution in [1.29, 1.82) is 0 Å². The quantitative estimate of drug-likeness (QED) is 0.401. The first-order valence-corrected chi connectivity index (χ1v) is 15.0. The van der Waals surface area contributed by atoms with Gasteiger partial charge in [-0.2, -0.15) is 0 Å². The number of likely N-dealkylation sites (tertiary alicyclic amines) is 2. The van der Waals surface area contributed by atoms with Crippen molar-refractivity contribution in [3.05, 3.63) is 16.8 Å². The van der Waals surface area contributed by atoms with Gasteiger partial charge in [0.2, 0.25) is 0 Å². The van der Waals surface area contributed by atoms with E-state index in [1.165, 1.54) is 85.6 Å². The number of hydrogen-bond acceptors (Lipinski definition) is 6. The highest BCUT2D eigenvalue weighted by Crippen LogP contribution is 2.41. The molecular weight excluding hydrogens is 464 g/mol. The van der Waals surface area contributed by atoms with Crippen LogP contribution in [0.15, 0.2) is 6.07 Å². The summed E-state index contributed by atoms with van der Waals surface area (Å²) in [6, 6.07) is 2.40. The maximum atomic E-state index is 5.32. The number of piperidine rings is 2. The Bertz CT molecular complexity index is 1170. The van der Waals surface area contributed by atoms with Gasteiger partial charge in [-0.05, 0) is 111 Å². The van der Waals surface area contributed by atoms with Gasteiger partial charge in [-0.25, -0.2) is 9.97 Å². The van der Waals surface area contributed by atoms with Gasteiger partial charge in [-0.1, -0.05) is 13.3 Å². The lowest BCUT2D eigenvalue weighted by Crippen LogP contribution is -2.32. The standard InChI is InChI=1S/C29H46N6S/c1-7-8-9-24-31-25-26(35(24)19-20-10-14-33(5)15-11-20)27-22(30-28(25)32-29(2,3)4)18-23(36-27)21-12-16-34(6)17-13-21/h18,20-21H,7-17,19H2,1-6H3,(H,30,32). The van der Waals surface area contributed by atoms with Gasteiger partial charge in [0.25, 0.3) is 0 Å². The topological polar surface area (TPSA) is 49.2 Å². The summed E-state index contributed by atoms with van der Waals surface area (Å²) in [4.78, 5) is 17.0. The fourth-order valence-electron chi connectivity index (χ4n) is 5.88. The molecule has 2 aliphatic heterocycles. The molecule has 6 nitrogen and oxygen atoms in total. The van der Waals surface area contributed by atoms with Gasteiger partial charge in [-0.3, -0.25) is 0 Å². The van der Waals surface area contributed by atoms with Crippen LogP contribution in [0.2, 0.25) is 0 Å². The van der Waals surface area contributed by atoms with Gasteiger partial charge >= 0.3 is 0 Å². The summed E-state index contributed by atoms with van der Waals surface area (Å²) in [7, 11) is 4.50. The summed E-state index contributed by atoms with van der Waals surface area (Å²) in [5.74, 6) is 3.58. The lowest BCUT2D eigenvalue weighted by molar-refractivity contribution is 0.205. The second-order valence-corrected chi connectivity index (χ2v) is 13.5. The van der Waals surface area contributed by atoms with E-state index in [4.69, 9.17) is 9.97 Å². The molecule has 0 saturated carbocycles. The third-order valence-electron chi connectivity index (χ3n) is 8.10. The molecule has 2 fully saturated rings. The molecule has 0 aromatic carbocycles. The van der Waals surface area contributed by atoms with E-state index in [0.717, 1.165) is 35.7 Å². The van der Waals surface area contributed by atoms with Crippen molar-refractivity contribution in [2.45, 2.75) is 90.6 Å². The molecule has 0 atom stereocenters. The zero-order valence-corrected chi connectivity index (χ0v) is 24.2. The van der Waals surface area contributed by atoms with E-state index in [2.05, 4.69) is 67.5 Å². The number of rotatable bonds is 7. The van der Waals surface area contributed by atoms with Gasteiger partial charge < -0.3 is 19.7 Å². The highest BCUT2D eigenvalue weighted by atomic mass is 32.1. The van der Waals surface area contributed by atoms with Crippen molar-refractivity contribution >= 4 is 38.4 Å². The lowest BCUT2D eigenvalue weighted by atomic mass is 9.95.